The molecule has 1 unspecified atom stereocenters. The zero-order valence-corrected chi connectivity index (χ0v) is 16.2. The number of hydrogen-bond acceptors (Lipinski definition) is 4. The molecular formula is C19H28ClNO4. The van der Waals surface area contributed by atoms with Crippen molar-refractivity contribution in [3.63, 3.8) is 0 Å². The smallest absolute Gasteiger partial charge is 0.310 e. The van der Waals surface area contributed by atoms with E-state index in [4.69, 9.17) is 21.1 Å². The van der Waals surface area contributed by atoms with Gasteiger partial charge in [0.1, 0.15) is 0 Å². The molecule has 0 spiro atoms. The van der Waals surface area contributed by atoms with Crippen molar-refractivity contribution in [1.82, 2.24) is 4.90 Å². The van der Waals surface area contributed by atoms with Gasteiger partial charge in [0.2, 0.25) is 5.91 Å². The summed E-state index contributed by atoms with van der Waals surface area (Å²) in [5.41, 5.74) is 0.892. The molecule has 0 saturated carbocycles. The third kappa shape index (κ3) is 8.36. The number of benzene rings is 1. The lowest BCUT2D eigenvalue weighted by atomic mass is 10.1. The normalized spacial score (nSPS) is 12.1. The molecule has 6 heteroatoms. The molecule has 0 fully saturated rings. The van der Waals surface area contributed by atoms with E-state index in [2.05, 4.69) is 0 Å². The molecule has 1 rings (SSSR count). The molecule has 0 radical (unpaired) electrons. The van der Waals surface area contributed by atoms with Gasteiger partial charge in [-0.3, -0.25) is 9.59 Å². The summed E-state index contributed by atoms with van der Waals surface area (Å²) < 4.78 is 10.3. The zero-order chi connectivity index (χ0) is 18.8. The fourth-order valence-electron chi connectivity index (χ4n) is 2.39. The van der Waals surface area contributed by atoms with E-state index in [0.29, 0.717) is 24.7 Å². The molecule has 25 heavy (non-hydrogen) atoms. The van der Waals surface area contributed by atoms with Crippen molar-refractivity contribution in [3.8, 4) is 0 Å². The Morgan fingerprint density at radius 1 is 1.16 bits per heavy atom. The lowest BCUT2D eigenvalue weighted by molar-refractivity contribution is -0.146. The van der Waals surface area contributed by atoms with Crippen LogP contribution in [0.1, 0.15) is 32.8 Å². The van der Waals surface area contributed by atoms with E-state index in [1.165, 1.54) is 7.11 Å². The predicted molar refractivity (Wildman–Crippen MR) is 98.6 cm³/mol. The topological polar surface area (TPSA) is 55.8 Å². The maximum Gasteiger partial charge on any atom is 0.310 e. The highest BCUT2D eigenvalue weighted by Gasteiger charge is 2.21. The van der Waals surface area contributed by atoms with Gasteiger partial charge in [-0.1, -0.05) is 30.7 Å². The standard InChI is InChI=1S/C19H28ClNO4/c1-14(2)25-11-5-10-21(13-15(3)19(23)24-4)18(22)12-16-6-8-17(20)9-7-16/h6-9,14-15H,5,10-13H2,1-4H3. The van der Waals surface area contributed by atoms with Crippen molar-refractivity contribution >= 4 is 23.5 Å². The second-order valence-electron chi connectivity index (χ2n) is 6.34. The first kappa shape index (κ1) is 21.5. The highest BCUT2D eigenvalue weighted by Crippen LogP contribution is 2.12. The number of esters is 1. The molecule has 1 aromatic rings. The average molecular weight is 370 g/mol. The highest BCUT2D eigenvalue weighted by atomic mass is 35.5. The molecule has 0 aliphatic rings. The second-order valence-corrected chi connectivity index (χ2v) is 6.78. The molecule has 0 heterocycles. The summed E-state index contributed by atoms with van der Waals surface area (Å²) in [5, 5.41) is 0.637. The average Bonchev–Trinajstić information content (AvgIpc) is 2.58. The number of amides is 1. The molecule has 140 valence electrons. The van der Waals surface area contributed by atoms with Crippen LogP contribution in [0.4, 0.5) is 0 Å². The van der Waals surface area contributed by atoms with E-state index in [0.717, 1.165) is 12.0 Å². The van der Waals surface area contributed by atoms with Crippen molar-refractivity contribution in [1.29, 1.82) is 0 Å². The van der Waals surface area contributed by atoms with Gasteiger partial charge in [-0.05, 0) is 38.0 Å². The Labute approximate surface area is 155 Å². The number of carbonyl (C=O) groups is 2. The highest BCUT2D eigenvalue weighted by molar-refractivity contribution is 6.30. The molecule has 0 aliphatic heterocycles. The minimum absolute atomic E-state index is 0.0253. The van der Waals surface area contributed by atoms with Crippen LogP contribution in [0.15, 0.2) is 24.3 Å². The summed E-state index contributed by atoms with van der Waals surface area (Å²) in [6, 6.07) is 7.21. The van der Waals surface area contributed by atoms with E-state index >= 15 is 0 Å². The van der Waals surface area contributed by atoms with Gasteiger partial charge in [0.15, 0.2) is 0 Å². The Balaban J connectivity index is 2.68. The van der Waals surface area contributed by atoms with Crippen LogP contribution in [-0.2, 0) is 25.5 Å². The van der Waals surface area contributed by atoms with Gasteiger partial charge in [-0.25, -0.2) is 0 Å². The van der Waals surface area contributed by atoms with Crippen LogP contribution in [0.3, 0.4) is 0 Å². The lowest BCUT2D eigenvalue weighted by Crippen LogP contribution is -2.39. The van der Waals surface area contributed by atoms with E-state index in [9.17, 15) is 9.59 Å². The van der Waals surface area contributed by atoms with Crippen molar-refractivity contribution < 1.29 is 19.1 Å². The summed E-state index contributed by atoms with van der Waals surface area (Å²) in [5.74, 6) is -0.712. The van der Waals surface area contributed by atoms with Crippen LogP contribution < -0.4 is 0 Å². The molecule has 1 atom stereocenters. The Bertz CT molecular complexity index is 545. The Kier molecular flexibility index (Phi) is 9.53. The summed E-state index contributed by atoms with van der Waals surface area (Å²) in [7, 11) is 1.36. The Hall–Kier alpha value is -1.59. The first-order chi connectivity index (χ1) is 11.8. The zero-order valence-electron chi connectivity index (χ0n) is 15.5. The van der Waals surface area contributed by atoms with Crippen LogP contribution in [0.5, 0.6) is 0 Å². The van der Waals surface area contributed by atoms with Gasteiger partial charge in [0, 0.05) is 24.7 Å². The van der Waals surface area contributed by atoms with Gasteiger partial charge in [-0.15, -0.1) is 0 Å². The third-order valence-corrected chi connectivity index (χ3v) is 3.99. The van der Waals surface area contributed by atoms with Crippen molar-refractivity contribution in [2.45, 2.75) is 39.7 Å². The molecule has 0 aromatic heterocycles. The number of nitrogens with zero attached hydrogens (tertiary/aromatic N) is 1. The first-order valence-corrected chi connectivity index (χ1v) is 8.93. The van der Waals surface area contributed by atoms with Crippen LogP contribution in [-0.4, -0.2) is 49.7 Å². The van der Waals surface area contributed by atoms with Gasteiger partial charge in [-0.2, -0.15) is 0 Å². The van der Waals surface area contributed by atoms with Gasteiger partial charge < -0.3 is 14.4 Å². The fraction of sp³-hybridized carbons (Fsp3) is 0.579. The summed E-state index contributed by atoms with van der Waals surface area (Å²) in [6.45, 7) is 7.17. The largest absolute Gasteiger partial charge is 0.469 e. The summed E-state index contributed by atoms with van der Waals surface area (Å²) >= 11 is 5.88. The molecule has 1 aromatic carbocycles. The van der Waals surface area contributed by atoms with Crippen LogP contribution in [0.2, 0.25) is 5.02 Å². The van der Waals surface area contributed by atoms with Gasteiger partial charge in [0.25, 0.3) is 0 Å². The Morgan fingerprint density at radius 3 is 2.36 bits per heavy atom. The second kappa shape index (κ2) is 11.1. The summed E-state index contributed by atoms with van der Waals surface area (Å²) in [4.78, 5) is 26.1. The van der Waals surface area contributed by atoms with Crippen LogP contribution in [0, 0.1) is 5.92 Å². The van der Waals surface area contributed by atoms with Gasteiger partial charge >= 0.3 is 5.97 Å². The first-order valence-electron chi connectivity index (χ1n) is 8.55. The van der Waals surface area contributed by atoms with E-state index in [-0.39, 0.29) is 30.3 Å². The van der Waals surface area contributed by atoms with Crippen LogP contribution in [0.25, 0.3) is 0 Å². The number of halogens is 1. The lowest BCUT2D eigenvalue weighted by Gasteiger charge is -2.25. The molecule has 1 amide bonds. The number of hydrogen-bond donors (Lipinski definition) is 0. The monoisotopic (exact) mass is 369 g/mol. The molecule has 0 aliphatic carbocycles. The molecule has 0 N–H and O–H groups in total. The van der Waals surface area contributed by atoms with Gasteiger partial charge in [0.05, 0.1) is 25.6 Å². The number of methoxy groups -OCH3 is 1. The van der Waals surface area contributed by atoms with Crippen molar-refractivity contribution in [3.05, 3.63) is 34.9 Å². The van der Waals surface area contributed by atoms with Crippen molar-refractivity contribution in [2.24, 2.45) is 5.92 Å². The maximum atomic E-state index is 12.7. The summed E-state index contributed by atoms with van der Waals surface area (Å²) in [6.07, 6.45) is 1.15. The van der Waals surface area contributed by atoms with Crippen molar-refractivity contribution in [2.75, 3.05) is 26.8 Å². The number of rotatable bonds is 10. The predicted octanol–water partition coefficient (Wildman–Crippen LogP) is 3.34. The van der Waals surface area contributed by atoms with E-state index < -0.39 is 0 Å². The Morgan fingerprint density at radius 2 is 1.80 bits per heavy atom. The maximum absolute atomic E-state index is 12.7. The number of carbonyl (C=O) groups excluding carboxylic acids is 2. The molecule has 5 nitrogen and oxygen atoms in total. The SMILES string of the molecule is COC(=O)C(C)CN(CCCOC(C)C)C(=O)Cc1ccc(Cl)cc1. The van der Waals surface area contributed by atoms with Crippen LogP contribution >= 0.6 is 11.6 Å². The minimum atomic E-state index is -0.370. The van der Waals surface area contributed by atoms with E-state index in [1.807, 2.05) is 26.0 Å². The molecule has 0 bridgehead atoms. The third-order valence-electron chi connectivity index (χ3n) is 3.74. The fourth-order valence-corrected chi connectivity index (χ4v) is 2.51. The molecule has 0 saturated heterocycles. The van der Waals surface area contributed by atoms with E-state index in [1.54, 1.807) is 24.0 Å². The number of ether oxygens (including phenoxy) is 2. The minimum Gasteiger partial charge on any atom is -0.469 e. The quantitative estimate of drug-likeness (QED) is 0.469. The molecular weight excluding hydrogens is 342 g/mol.